The van der Waals surface area contributed by atoms with Gasteiger partial charge >= 0.3 is 5.97 Å². The molecule has 1 saturated carbocycles. The van der Waals surface area contributed by atoms with Gasteiger partial charge in [-0.05, 0) is 25.0 Å². The van der Waals surface area contributed by atoms with Gasteiger partial charge in [-0.15, -0.1) is 0 Å². The summed E-state index contributed by atoms with van der Waals surface area (Å²) in [6, 6.07) is 2.53. The van der Waals surface area contributed by atoms with Gasteiger partial charge < -0.3 is 20.9 Å². The Morgan fingerprint density at radius 2 is 2.15 bits per heavy atom. The van der Waals surface area contributed by atoms with Gasteiger partial charge in [0.15, 0.2) is 0 Å². The van der Waals surface area contributed by atoms with Gasteiger partial charge in [-0.25, -0.2) is 9.18 Å². The normalized spacial score (nSPS) is 15.4. The minimum atomic E-state index is -1.25. The van der Waals surface area contributed by atoms with Crippen LogP contribution in [-0.2, 0) is 4.74 Å². The Balaban J connectivity index is 1.91. The molecule has 6 heteroatoms. The van der Waals surface area contributed by atoms with Gasteiger partial charge in [0, 0.05) is 6.54 Å². The smallest absolute Gasteiger partial charge is 0.340 e. The van der Waals surface area contributed by atoms with Gasteiger partial charge in [0.05, 0.1) is 24.1 Å². The maximum Gasteiger partial charge on any atom is 0.340 e. The lowest BCUT2D eigenvalue weighted by atomic mass is 10.1. The molecule has 1 aromatic rings. The summed E-state index contributed by atoms with van der Waals surface area (Å²) in [5.74, 6) is -1.98. The molecule has 0 aliphatic heterocycles. The number of benzene rings is 1. The monoisotopic (exact) mass is 282 g/mol. The Morgan fingerprint density at radius 3 is 2.80 bits per heavy atom. The van der Waals surface area contributed by atoms with E-state index in [4.69, 9.17) is 15.6 Å². The zero-order valence-corrected chi connectivity index (χ0v) is 11.2. The first-order valence-corrected chi connectivity index (χ1v) is 6.76. The molecule has 20 heavy (non-hydrogen) atoms. The van der Waals surface area contributed by atoms with E-state index in [9.17, 15) is 9.18 Å². The molecule has 1 aliphatic carbocycles. The molecular formula is C14H19FN2O3. The van der Waals surface area contributed by atoms with E-state index in [1.165, 1.54) is 18.9 Å². The molecule has 0 aromatic heterocycles. The fourth-order valence-corrected chi connectivity index (χ4v) is 2.44. The molecule has 0 atom stereocenters. The molecule has 0 saturated heterocycles. The molecule has 0 unspecified atom stereocenters. The van der Waals surface area contributed by atoms with Crippen LogP contribution in [0.25, 0.3) is 0 Å². The third-order valence-electron chi connectivity index (χ3n) is 3.48. The van der Waals surface area contributed by atoms with Crippen molar-refractivity contribution < 1.29 is 19.0 Å². The number of rotatable bonds is 6. The van der Waals surface area contributed by atoms with Crippen molar-refractivity contribution in [1.29, 1.82) is 0 Å². The quantitative estimate of drug-likeness (QED) is 0.551. The fourth-order valence-electron chi connectivity index (χ4n) is 2.44. The Bertz CT molecular complexity index is 488. The minimum absolute atomic E-state index is 0.231. The number of ether oxygens (including phenoxy) is 1. The minimum Gasteiger partial charge on any atom is -0.478 e. The van der Waals surface area contributed by atoms with Crippen molar-refractivity contribution in [2.45, 2.75) is 31.8 Å². The second-order valence-corrected chi connectivity index (χ2v) is 4.89. The number of carbonyl (C=O) groups is 1. The van der Waals surface area contributed by atoms with Crippen molar-refractivity contribution in [3.05, 3.63) is 23.5 Å². The average Bonchev–Trinajstić information content (AvgIpc) is 2.91. The van der Waals surface area contributed by atoms with Gasteiger partial charge in [-0.2, -0.15) is 0 Å². The molecule has 0 heterocycles. The number of nitrogens with one attached hydrogen (secondary N) is 1. The first-order chi connectivity index (χ1) is 9.59. The molecule has 110 valence electrons. The summed E-state index contributed by atoms with van der Waals surface area (Å²) in [6.45, 7) is 0.947. The van der Waals surface area contributed by atoms with Gasteiger partial charge in [0.2, 0.25) is 0 Å². The van der Waals surface area contributed by atoms with Crippen LogP contribution in [0.2, 0.25) is 0 Å². The number of hydrogen-bond donors (Lipinski definition) is 3. The first-order valence-electron chi connectivity index (χ1n) is 6.76. The average molecular weight is 282 g/mol. The van der Waals surface area contributed by atoms with Crippen LogP contribution in [0, 0.1) is 5.82 Å². The highest BCUT2D eigenvalue weighted by Gasteiger charge is 2.18. The van der Waals surface area contributed by atoms with E-state index >= 15 is 0 Å². The molecule has 5 nitrogen and oxygen atoms in total. The van der Waals surface area contributed by atoms with E-state index in [2.05, 4.69) is 5.32 Å². The van der Waals surface area contributed by atoms with Crippen LogP contribution in [0.15, 0.2) is 12.1 Å². The summed E-state index contributed by atoms with van der Waals surface area (Å²) < 4.78 is 18.9. The van der Waals surface area contributed by atoms with Crippen LogP contribution in [0.5, 0.6) is 0 Å². The number of carboxylic acid groups (broad SMARTS) is 1. The molecular weight excluding hydrogens is 263 g/mol. The second-order valence-electron chi connectivity index (χ2n) is 4.89. The van der Waals surface area contributed by atoms with Crippen molar-refractivity contribution >= 4 is 17.3 Å². The third kappa shape index (κ3) is 3.39. The van der Waals surface area contributed by atoms with Crippen molar-refractivity contribution in [3.8, 4) is 0 Å². The summed E-state index contributed by atoms with van der Waals surface area (Å²) in [7, 11) is 0. The summed E-state index contributed by atoms with van der Waals surface area (Å²) in [5.41, 5.74) is 5.19. The zero-order chi connectivity index (χ0) is 14.5. The van der Waals surface area contributed by atoms with E-state index in [1.807, 2.05) is 0 Å². The van der Waals surface area contributed by atoms with Crippen molar-refractivity contribution in [2.75, 3.05) is 24.2 Å². The van der Waals surface area contributed by atoms with E-state index < -0.39 is 11.8 Å². The molecule has 4 N–H and O–H groups in total. The molecule has 1 aliphatic rings. The van der Waals surface area contributed by atoms with Crippen molar-refractivity contribution in [3.63, 3.8) is 0 Å². The molecule has 0 amide bonds. The summed E-state index contributed by atoms with van der Waals surface area (Å²) >= 11 is 0. The number of hydrogen-bond acceptors (Lipinski definition) is 4. The van der Waals surface area contributed by atoms with Crippen LogP contribution in [0.4, 0.5) is 15.8 Å². The van der Waals surface area contributed by atoms with E-state index in [1.54, 1.807) is 0 Å². The third-order valence-corrected chi connectivity index (χ3v) is 3.48. The van der Waals surface area contributed by atoms with Gasteiger partial charge in [0.1, 0.15) is 11.4 Å². The number of carboxylic acids is 1. The number of nitrogen functional groups attached to an aromatic ring is 1. The Morgan fingerprint density at radius 1 is 1.45 bits per heavy atom. The van der Waals surface area contributed by atoms with Gasteiger partial charge in [0.25, 0.3) is 0 Å². The predicted molar refractivity (Wildman–Crippen MR) is 74.5 cm³/mol. The molecule has 1 aromatic carbocycles. The van der Waals surface area contributed by atoms with Crippen LogP contribution in [0.1, 0.15) is 36.0 Å². The Hall–Kier alpha value is -1.82. The van der Waals surface area contributed by atoms with Gasteiger partial charge in [-0.3, -0.25) is 0 Å². The predicted octanol–water partition coefficient (Wildman–Crippen LogP) is 2.48. The molecule has 0 bridgehead atoms. The maximum atomic E-state index is 13.3. The molecule has 0 radical (unpaired) electrons. The SMILES string of the molecule is Nc1c(F)ccc(NCCOC2CCCC2)c1C(=O)O. The number of aromatic carboxylic acids is 1. The zero-order valence-electron chi connectivity index (χ0n) is 11.2. The van der Waals surface area contributed by atoms with E-state index in [-0.39, 0.29) is 11.3 Å². The van der Waals surface area contributed by atoms with Crippen LogP contribution >= 0.6 is 0 Å². The highest BCUT2D eigenvalue weighted by molar-refractivity contribution is 6.00. The number of nitrogens with two attached hydrogens (primary N) is 1. The molecule has 0 spiro atoms. The van der Waals surface area contributed by atoms with E-state index in [0.717, 1.165) is 18.9 Å². The standard InChI is InChI=1S/C14H19FN2O3/c15-10-5-6-11(12(13(10)16)14(18)19)17-7-8-20-9-3-1-2-4-9/h5-6,9,17H,1-4,7-8,16H2,(H,18,19). The van der Waals surface area contributed by atoms with Crippen molar-refractivity contribution in [1.82, 2.24) is 0 Å². The fraction of sp³-hybridized carbons (Fsp3) is 0.500. The number of halogens is 1. The highest BCUT2D eigenvalue weighted by Crippen LogP contribution is 2.25. The maximum absolute atomic E-state index is 13.3. The van der Waals surface area contributed by atoms with Gasteiger partial charge in [-0.1, -0.05) is 12.8 Å². The Labute approximate surface area is 116 Å². The summed E-state index contributed by atoms with van der Waals surface area (Å²) in [4.78, 5) is 11.1. The first kappa shape index (κ1) is 14.6. The van der Waals surface area contributed by atoms with Crippen LogP contribution in [-0.4, -0.2) is 30.3 Å². The number of anilines is 2. The Kier molecular flexibility index (Phi) is 4.79. The topological polar surface area (TPSA) is 84.6 Å². The largest absolute Gasteiger partial charge is 0.478 e. The lowest BCUT2D eigenvalue weighted by molar-refractivity contribution is 0.0656. The summed E-state index contributed by atoms with van der Waals surface area (Å²) in [6.07, 6.45) is 4.90. The van der Waals surface area contributed by atoms with Crippen LogP contribution < -0.4 is 11.1 Å². The second kappa shape index (κ2) is 6.56. The lowest BCUT2D eigenvalue weighted by Gasteiger charge is -2.14. The molecule has 2 rings (SSSR count). The van der Waals surface area contributed by atoms with Crippen LogP contribution in [0.3, 0.4) is 0 Å². The molecule has 1 fully saturated rings. The van der Waals surface area contributed by atoms with E-state index in [0.29, 0.717) is 24.9 Å². The summed E-state index contributed by atoms with van der Waals surface area (Å²) in [5, 5.41) is 12.0. The lowest BCUT2D eigenvalue weighted by Crippen LogP contribution is -2.17. The van der Waals surface area contributed by atoms with Crippen molar-refractivity contribution in [2.24, 2.45) is 0 Å². The highest BCUT2D eigenvalue weighted by atomic mass is 19.1.